The van der Waals surface area contributed by atoms with Crippen molar-refractivity contribution in [2.24, 2.45) is 10.2 Å². The van der Waals surface area contributed by atoms with E-state index in [4.69, 9.17) is 16.7 Å². The molecule has 0 aliphatic rings. The standard InChI is InChI=1S/C17H14ClFN6O4S/c1-10-14(17(18)24(23-10)12-4-2-11(19)3-5-12)9-21-22-15-7-6-13(30(20,28)29)8-16(15)25(26)27/h2-9,22H,1H3,(H2,20,28,29)/b21-9+. The lowest BCUT2D eigenvalue weighted by molar-refractivity contribution is -0.384. The van der Waals surface area contributed by atoms with Crippen LogP contribution in [0.1, 0.15) is 11.3 Å². The summed E-state index contributed by atoms with van der Waals surface area (Å²) in [4.78, 5) is 10.1. The lowest BCUT2D eigenvalue weighted by Crippen LogP contribution is -2.12. The van der Waals surface area contributed by atoms with Crippen molar-refractivity contribution in [2.45, 2.75) is 11.8 Å². The van der Waals surface area contributed by atoms with E-state index in [1.807, 2.05) is 0 Å². The van der Waals surface area contributed by atoms with Gasteiger partial charge in [0.05, 0.1) is 33.0 Å². The van der Waals surface area contributed by atoms with E-state index in [-0.39, 0.29) is 10.8 Å². The zero-order chi connectivity index (χ0) is 22.1. The van der Waals surface area contributed by atoms with Gasteiger partial charge in [-0.2, -0.15) is 10.2 Å². The molecule has 3 N–H and O–H groups in total. The molecule has 0 unspecified atom stereocenters. The van der Waals surface area contributed by atoms with E-state index in [0.717, 1.165) is 12.1 Å². The van der Waals surface area contributed by atoms with E-state index in [0.29, 0.717) is 16.9 Å². The van der Waals surface area contributed by atoms with Crippen LogP contribution in [0.4, 0.5) is 15.8 Å². The maximum absolute atomic E-state index is 13.1. The number of sulfonamides is 1. The smallest absolute Gasteiger partial charge is 0.272 e. The van der Waals surface area contributed by atoms with E-state index in [1.54, 1.807) is 6.92 Å². The number of nitro groups is 1. The molecule has 0 aliphatic carbocycles. The molecule has 30 heavy (non-hydrogen) atoms. The van der Waals surface area contributed by atoms with E-state index < -0.39 is 31.3 Å². The maximum Gasteiger partial charge on any atom is 0.295 e. The molecule has 0 amide bonds. The predicted octanol–water partition coefficient (Wildman–Crippen LogP) is 2.97. The fourth-order valence-electron chi connectivity index (χ4n) is 2.51. The number of hydrogen-bond acceptors (Lipinski definition) is 7. The molecular formula is C17H14ClFN6O4S. The van der Waals surface area contributed by atoms with Crippen molar-refractivity contribution in [3.8, 4) is 5.69 Å². The summed E-state index contributed by atoms with van der Waals surface area (Å²) in [7, 11) is -4.10. The Hall–Kier alpha value is -3.35. The number of halogens is 2. The zero-order valence-corrected chi connectivity index (χ0v) is 16.9. The van der Waals surface area contributed by atoms with E-state index >= 15 is 0 Å². The Morgan fingerprint density at radius 2 is 1.97 bits per heavy atom. The summed E-state index contributed by atoms with van der Waals surface area (Å²) in [5, 5.41) is 24.6. The van der Waals surface area contributed by atoms with Gasteiger partial charge in [-0.05, 0) is 43.3 Å². The molecule has 0 spiro atoms. The second kappa shape index (κ2) is 8.18. The summed E-state index contributed by atoms with van der Waals surface area (Å²) < 4.78 is 37.3. The number of benzene rings is 2. The molecule has 0 saturated carbocycles. The van der Waals surface area contributed by atoms with Crippen molar-refractivity contribution >= 4 is 39.2 Å². The Bertz CT molecular complexity index is 1260. The number of aryl methyl sites for hydroxylation is 1. The number of hydrazone groups is 1. The molecule has 0 aliphatic heterocycles. The first-order valence-corrected chi connectivity index (χ1v) is 10.1. The molecule has 3 aromatic rings. The van der Waals surface area contributed by atoms with Gasteiger partial charge in [-0.15, -0.1) is 0 Å². The topological polar surface area (TPSA) is 146 Å². The monoisotopic (exact) mass is 452 g/mol. The van der Waals surface area contributed by atoms with Crippen LogP contribution >= 0.6 is 11.6 Å². The van der Waals surface area contributed by atoms with Gasteiger partial charge in [0.2, 0.25) is 10.0 Å². The quantitative estimate of drug-likeness (QED) is 0.334. The number of primary sulfonamides is 1. The predicted molar refractivity (Wildman–Crippen MR) is 109 cm³/mol. The number of anilines is 1. The number of nitrogens with two attached hydrogens (primary N) is 1. The normalized spacial score (nSPS) is 11.7. The molecular weight excluding hydrogens is 439 g/mol. The summed E-state index contributed by atoms with van der Waals surface area (Å²) in [6, 6.07) is 8.66. The van der Waals surface area contributed by atoms with Gasteiger partial charge in [0.15, 0.2) is 0 Å². The number of hydrogen-bond donors (Lipinski definition) is 2. The SMILES string of the molecule is Cc1nn(-c2ccc(F)cc2)c(Cl)c1/C=N/Nc1ccc(S(N)(=O)=O)cc1[N+](=O)[O-]. The van der Waals surface area contributed by atoms with Crippen molar-refractivity contribution in [1.82, 2.24) is 9.78 Å². The molecule has 2 aromatic carbocycles. The van der Waals surface area contributed by atoms with Gasteiger partial charge >= 0.3 is 0 Å². The minimum atomic E-state index is -4.10. The first-order valence-electron chi connectivity index (χ1n) is 8.19. The van der Waals surface area contributed by atoms with Crippen LogP contribution in [-0.4, -0.2) is 29.3 Å². The average Bonchev–Trinajstić information content (AvgIpc) is 2.96. The summed E-state index contributed by atoms with van der Waals surface area (Å²) >= 11 is 6.34. The van der Waals surface area contributed by atoms with Crippen LogP contribution in [0.3, 0.4) is 0 Å². The number of aromatic nitrogens is 2. The van der Waals surface area contributed by atoms with Gasteiger partial charge in [0, 0.05) is 6.07 Å². The van der Waals surface area contributed by atoms with Crippen LogP contribution in [0.5, 0.6) is 0 Å². The van der Waals surface area contributed by atoms with Crippen molar-refractivity contribution in [1.29, 1.82) is 0 Å². The fourth-order valence-corrected chi connectivity index (χ4v) is 3.37. The van der Waals surface area contributed by atoms with Gasteiger partial charge in [-0.25, -0.2) is 22.6 Å². The average molecular weight is 453 g/mol. The second-order valence-corrected chi connectivity index (χ2v) is 7.95. The number of nitrogens with one attached hydrogen (secondary N) is 1. The van der Waals surface area contributed by atoms with Crippen LogP contribution < -0.4 is 10.6 Å². The van der Waals surface area contributed by atoms with Crippen molar-refractivity contribution < 1.29 is 17.7 Å². The molecule has 3 rings (SSSR count). The first-order chi connectivity index (χ1) is 14.1. The van der Waals surface area contributed by atoms with E-state index in [2.05, 4.69) is 15.6 Å². The van der Waals surface area contributed by atoms with Crippen LogP contribution in [0.2, 0.25) is 5.15 Å². The van der Waals surface area contributed by atoms with Crippen LogP contribution in [0.15, 0.2) is 52.5 Å². The Labute approximate surface area is 175 Å². The highest BCUT2D eigenvalue weighted by Gasteiger charge is 2.19. The molecule has 0 atom stereocenters. The minimum absolute atomic E-state index is 0.0525. The summed E-state index contributed by atoms with van der Waals surface area (Å²) in [6.07, 6.45) is 1.31. The molecule has 13 heteroatoms. The largest absolute Gasteiger partial charge is 0.295 e. The first kappa shape index (κ1) is 21.4. The van der Waals surface area contributed by atoms with Crippen LogP contribution in [0.25, 0.3) is 5.69 Å². The summed E-state index contributed by atoms with van der Waals surface area (Å²) in [5.41, 5.74) is 3.37. The molecule has 10 nitrogen and oxygen atoms in total. The lowest BCUT2D eigenvalue weighted by atomic mass is 10.3. The maximum atomic E-state index is 13.1. The molecule has 1 heterocycles. The minimum Gasteiger partial charge on any atom is -0.272 e. The van der Waals surface area contributed by atoms with Crippen molar-refractivity contribution in [3.63, 3.8) is 0 Å². The third-order valence-electron chi connectivity index (χ3n) is 3.99. The molecule has 0 fully saturated rings. The Morgan fingerprint density at radius 3 is 2.57 bits per heavy atom. The van der Waals surface area contributed by atoms with Gasteiger partial charge in [-0.3, -0.25) is 15.5 Å². The summed E-state index contributed by atoms with van der Waals surface area (Å²) in [6.45, 7) is 1.68. The van der Waals surface area contributed by atoms with Crippen molar-refractivity contribution in [2.75, 3.05) is 5.43 Å². The van der Waals surface area contributed by atoms with E-state index in [1.165, 1.54) is 41.2 Å². The fraction of sp³-hybridized carbons (Fsp3) is 0.0588. The molecule has 0 radical (unpaired) electrons. The number of nitrogens with zero attached hydrogens (tertiary/aromatic N) is 4. The third-order valence-corrected chi connectivity index (χ3v) is 5.27. The summed E-state index contributed by atoms with van der Waals surface area (Å²) in [5.74, 6) is -0.403. The van der Waals surface area contributed by atoms with Crippen LogP contribution in [-0.2, 0) is 10.0 Å². The zero-order valence-electron chi connectivity index (χ0n) is 15.3. The van der Waals surface area contributed by atoms with Crippen LogP contribution in [0, 0.1) is 22.9 Å². The van der Waals surface area contributed by atoms with Gasteiger partial charge in [0.25, 0.3) is 5.69 Å². The highest BCUT2D eigenvalue weighted by molar-refractivity contribution is 7.89. The molecule has 1 aromatic heterocycles. The highest BCUT2D eigenvalue weighted by atomic mass is 35.5. The van der Waals surface area contributed by atoms with Crippen molar-refractivity contribution in [3.05, 3.63) is 74.8 Å². The molecule has 156 valence electrons. The molecule has 0 bridgehead atoms. The number of nitro benzene ring substituents is 1. The Morgan fingerprint density at radius 1 is 1.30 bits per heavy atom. The lowest BCUT2D eigenvalue weighted by Gasteiger charge is -2.04. The second-order valence-electron chi connectivity index (χ2n) is 6.03. The van der Waals surface area contributed by atoms with E-state index in [9.17, 15) is 22.9 Å². The van der Waals surface area contributed by atoms with Gasteiger partial charge < -0.3 is 0 Å². The van der Waals surface area contributed by atoms with Gasteiger partial charge in [0.1, 0.15) is 16.7 Å². The molecule has 0 saturated heterocycles. The highest BCUT2D eigenvalue weighted by Crippen LogP contribution is 2.27. The Balaban J connectivity index is 1.89. The third kappa shape index (κ3) is 4.45. The van der Waals surface area contributed by atoms with Gasteiger partial charge in [-0.1, -0.05) is 11.6 Å². The number of rotatable bonds is 6. The Kier molecular flexibility index (Phi) is 5.82.